The summed E-state index contributed by atoms with van der Waals surface area (Å²) in [5.74, 6) is -4.31. The van der Waals surface area contributed by atoms with E-state index in [0.717, 1.165) is 12.1 Å². The molecule has 0 unspecified atom stereocenters. The zero-order chi connectivity index (χ0) is 30.3. The van der Waals surface area contributed by atoms with Crippen molar-refractivity contribution in [1.82, 2.24) is 29.1 Å². The number of hydrogen-bond donors (Lipinski definition) is 1. The summed E-state index contributed by atoms with van der Waals surface area (Å²) in [6, 6.07) is 6.57. The summed E-state index contributed by atoms with van der Waals surface area (Å²) in [6.07, 6.45) is -1.09. The molecule has 4 aromatic rings. The van der Waals surface area contributed by atoms with Crippen molar-refractivity contribution >= 4 is 45.5 Å². The second kappa shape index (κ2) is 9.38. The zero-order valence-corrected chi connectivity index (χ0v) is 22.4. The van der Waals surface area contributed by atoms with Crippen molar-refractivity contribution in [2.24, 2.45) is 0 Å². The molecule has 1 aromatic carbocycles. The predicted octanol–water partition coefficient (Wildman–Crippen LogP) is 4.54. The molecule has 0 bridgehead atoms. The lowest BCUT2D eigenvalue weighted by Gasteiger charge is -2.35. The van der Waals surface area contributed by atoms with Crippen LogP contribution in [-0.4, -0.2) is 67.2 Å². The number of benzene rings is 1. The fourth-order valence-corrected chi connectivity index (χ4v) is 6.16. The van der Waals surface area contributed by atoms with Crippen molar-refractivity contribution in [3.63, 3.8) is 0 Å². The van der Waals surface area contributed by atoms with Crippen LogP contribution in [0.5, 0.6) is 0 Å². The Hall–Kier alpha value is -4.75. The Bertz CT molecular complexity index is 1880. The van der Waals surface area contributed by atoms with Crippen molar-refractivity contribution in [3.8, 4) is 0 Å². The van der Waals surface area contributed by atoms with Crippen LogP contribution in [0, 0.1) is 0 Å². The monoisotopic (exact) mass is 598 g/mol. The van der Waals surface area contributed by atoms with E-state index in [1.807, 2.05) is 0 Å². The molecule has 3 aromatic heterocycles. The van der Waals surface area contributed by atoms with Gasteiger partial charge in [-0.05, 0) is 29.8 Å². The average Bonchev–Trinajstić information content (AvgIpc) is 3.58. The summed E-state index contributed by atoms with van der Waals surface area (Å²) in [5, 5.41) is 2.38. The van der Waals surface area contributed by atoms with E-state index in [-0.39, 0.29) is 60.4 Å². The highest BCUT2D eigenvalue weighted by Gasteiger charge is 2.40. The van der Waals surface area contributed by atoms with Gasteiger partial charge in [0, 0.05) is 68.9 Å². The number of pyridine rings is 1. The third-order valence-electron chi connectivity index (χ3n) is 8.26. The Morgan fingerprint density at radius 3 is 2.44 bits per heavy atom. The smallest absolute Gasteiger partial charge is 0.345 e. The lowest BCUT2D eigenvalue weighted by molar-refractivity contribution is -0.137. The SMILES string of the molecule is O=C1NC(=O)C(c2cnc3ccccn23)=C1c1cn2c3c(cc(C(F)(F)F)cc13)CN(C(=O)N1CCC(F)(F)CC1)CC2. The van der Waals surface area contributed by atoms with E-state index in [9.17, 15) is 36.3 Å². The molecule has 1 N–H and O–H groups in total. The molecule has 9 nitrogen and oxygen atoms in total. The van der Waals surface area contributed by atoms with Crippen molar-refractivity contribution < 1.29 is 36.3 Å². The Morgan fingerprint density at radius 2 is 1.70 bits per heavy atom. The number of urea groups is 1. The number of nitrogens with zero attached hydrogens (tertiary/aromatic N) is 5. The number of nitrogens with one attached hydrogen (secondary N) is 1. The lowest BCUT2D eigenvalue weighted by Crippen LogP contribution is -2.49. The highest BCUT2D eigenvalue weighted by molar-refractivity contribution is 6.49. The molecule has 0 aliphatic carbocycles. The van der Waals surface area contributed by atoms with Gasteiger partial charge in [-0.3, -0.25) is 19.3 Å². The topological polar surface area (TPSA) is 92.0 Å². The first kappa shape index (κ1) is 27.1. The summed E-state index contributed by atoms with van der Waals surface area (Å²) in [7, 11) is 0. The standard InChI is InChI=1S/C29H23F5N6O3/c30-28(31)4-7-37(8-5-28)27(43)39-10-9-38-15-19(18-12-17(29(32,33)34)11-16(14-39)24(18)38)22-23(26(42)36-25(22)41)20-13-35-21-3-1-2-6-40(20)21/h1-3,6,11-13,15H,4-5,7-10,14H2,(H,36,41,42). The Labute approximate surface area is 240 Å². The third-order valence-corrected chi connectivity index (χ3v) is 8.26. The van der Waals surface area contributed by atoms with E-state index < -0.39 is 48.3 Å². The van der Waals surface area contributed by atoms with Gasteiger partial charge in [-0.25, -0.2) is 18.6 Å². The Morgan fingerprint density at radius 1 is 0.953 bits per heavy atom. The molecular weight excluding hydrogens is 575 g/mol. The number of rotatable bonds is 2. The van der Waals surface area contributed by atoms with Gasteiger partial charge < -0.3 is 14.4 Å². The number of likely N-dealkylation sites (tertiary alicyclic amines) is 1. The maximum atomic E-state index is 14.2. The molecule has 6 heterocycles. The summed E-state index contributed by atoms with van der Waals surface area (Å²) >= 11 is 0. The lowest BCUT2D eigenvalue weighted by atomic mass is 9.96. The number of carbonyl (C=O) groups is 3. The second-order valence-corrected chi connectivity index (χ2v) is 10.9. The van der Waals surface area contributed by atoms with Crippen LogP contribution in [0.2, 0.25) is 0 Å². The maximum absolute atomic E-state index is 14.2. The molecule has 222 valence electrons. The zero-order valence-electron chi connectivity index (χ0n) is 22.4. The van der Waals surface area contributed by atoms with Crippen LogP contribution >= 0.6 is 0 Å². The van der Waals surface area contributed by atoms with Crippen LogP contribution in [0.4, 0.5) is 26.7 Å². The summed E-state index contributed by atoms with van der Waals surface area (Å²) in [6.45, 7) is -0.242. The molecule has 1 fully saturated rings. The largest absolute Gasteiger partial charge is 0.416 e. The van der Waals surface area contributed by atoms with E-state index in [1.165, 1.54) is 22.2 Å². The number of piperidine rings is 1. The number of alkyl halides is 5. The molecule has 14 heteroatoms. The average molecular weight is 599 g/mol. The molecule has 0 saturated carbocycles. The molecule has 1 saturated heterocycles. The van der Waals surface area contributed by atoms with Gasteiger partial charge >= 0.3 is 12.2 Å². The van der Waals surface area contributed by atoms with E-state index in [1.54, 1.807) is 33.4 Å². The quantitative estimate of drug-likeness (QED) is 0.271. The van der Waals surface area contributed by atoms with Crippen LogP contribution in [0.15, 0.2) is 48.9 Å². The van der Waals surface area contributed by atoms with Gasteiger partial charge in [0.2, 0.25) is 0 Å². The highest BCUT2D eigenvalue weighted by Crippen LogP contribution is 2.41. The van der Waals surface area contributed by atoms with Crippen molar-refractivity contribution in [2.75, 3.05) is 19.6 Å². The number of aromatic nitrogens is 3. The van der Waals surface area contributed by atoms with Gasteiger partial charge in [-0.15, -0.1) is 0 Å². The van der Waals surface area contributed by atoms with E-state index in [4.69, 9.17) is 0 Å². The molecule has 0 atom stereocenters. The van der Waals surface area contributed by atoms with Crippen LogP contribution in [0.25, 0.3) is 27.7 Å². The fraction of sp³-hybridized carbons (Fsp3) is 0.310. The third kappa shape index (κ3) is 4.43. The molecule has 43 heavy (non-hydrogen) atoms. The number of imide groups is 1. The number of amides is 4. The first-order chi connectivity index (χ1) is 20.4. The molecule has 0 spiro atoms. The first-order valence-electron chi connectivity index (χ1n) is 13.6. The Kier molecular flexibility index (Phi) is 5.91. The minimum atomic E-state index is -4.75. The van der Waals surface area contributed by atoms with E-state index in [2.05, 4.69) is 10.3 Å². The molecule has 7 rings (SSSR count). The minimum absolute atomic E-state index is 0.0162. The molecule has 3 aliphatic heterocycles. The van der Waals surface area contributed by atoms with Gasteiger partial charge in [0.05, 0.1) is 34.1 Å². The van der Waals surface area contributed by atoms with Crippen LogP contribution < -0.4 is 5.32 Å². The first-order valence-corrected chi connectivity index (χ1v) is 13.6. The van der Waals surface area contributed by atoms with Gasteiger partial charge in [-0.1, -0.05) is 6.07 Å². The van der Waals surface area contributed by atoms with Gasteiger partial charge in [0.15, 0.2) is 0 Å². The van der Waals surface area contributed by atoms with Crippen LogP contribution in [0.3, 0.4) is 0 Å². The molecule has 4 amide bonds. The van der Waals surface area contributed by atoms with Gasteiger partial charge in [0.25, 0.3) is 17.7 Å². The van der Waals surface area contributed by atoms with E-state index in [0.29, 0.717) is 16.9 Å². The fourth-order valence-electron chi connectivity index (χ4n) is 6.16. The second-order valence-electron chi connectivity index (χ2n) is 10.9. The van der Waals surface area contributed by atoms with Gasteiger partial charge in [0.1, 0.15) is 5.65 Å². The summed E-state index contributed by atoms with van der Waals surface area (Å²) in [4.78, 5) is 46.5. The number of imidazole rings is 1. The highest BCUT2D eigenvalue weighted by atomic mass is 19.4. The van der Waals surface area contributed by atoms with Crippen molar-refractivity contribution in [3.05, 3.63) is 71.3 Å². The van der Waals surface area contributed by atoms with Crippen LogP contribution in [0.1, 0.15) is 35.2 Å². The minimum Gasteiger partial charge on any atom is -0.345 e. The number of carbonyl (C=O) groups excluding carboxylic acids is 3. The van der Waals surface area contributed by atoms with E-state index >= 15 is 0 Å². The number of hydrogen-bond acceptors (Lipinski definition) is 4. The normalized spacial score (nSPS) is 19.0. The van der Waals surface area contributed by atoms with Crippen molar-refractivity contribution in [1.29, 1.82) is 0 Å². The molecule has 0 radical (unpaired) electrons. The van der Waals surface area contributed by atoms with Crippen LogP contribution in [-0.2, 0) is 28.9 Å². The maximum Gasteiger partial charge on any atom is 0.416 e. The molecule has 3 aliphatic rings. The number of halogens is 5. The van der Waals surface area contributed by atoms with Crippen molar-refractivity contribution in [2.45, 2.75) is 38.0 Å². The summed E-state index contributed by atoms with van der Waals surface area (Å²) in [5.41, 5.74) is 0.457. The van der Waals surface area contributed by atoms with Gasteiger partial charge in [-0.2, -0.15) is 13.2 Å². The Balaban J connectivity index is 1.37. The molecular formula is C29H23F5N6O3. The summed E-state index contributed by atoms with van der Waals surface area (Å²) < 4.78 is 73.2. The predicted molar refractivity (Wildman–Crippen MR) is 144 cm³/mol. The number of fused-ring (bicyclic) bond motifs is 1.